The fourth-order valence-corrected chi connectivity index (χ4v) is 2.51. The van der Waals surface area contributed by atoms with Gasteiger partial charge in [-0.1, -0.05) is 11.6 Å². The molecule has 0 radical (unpaired) electrons. The molecular weight excluding hydrogens is 256 g/mol. The number of benzene rings is 1. The van der Waals surface area contributed by atoms with Gasteiger partial charge in [0, 0.05) is 11.1 Å². The summed E-state index contributed by atoms with van der Waals surface area (Å²) in [4.78, 5) is 11.6. The molecule has 1 aromatic rings. The average Bonchev–Trinajstić information content (AvgIpc) is 2.46. The summed E-state index contributed by atoms with van der Waals surface area (Å²) < 4.78 is 15.8. The van der Waals surface area contributed by atoms with Crippen molar-refractivity contribution in [2.24, 2.45) is 0 Å². The maximum atomic E-state index is 11.6. The molecule has 2 rings (SSSR count). The number of ether oxygens (including phenoxy) is 3. The largest absolute Gasteiger partial charge is 0.496 e. The molecule has 108 valence electrons. The second-order valence-corrected chi connectivity index (χ2v) is 4.65. The van der Waals surface area contributed by atoms with Crippen LogP contribution >= 0.6 is 0 Å². The number of carbonyl (C=O) groups is 1. The first kappa shape index (κ1) is 14.4. The van der Waals surface area contributed by atoms with Crippen LogP contribution in [0.15, 0.2) is 17.7 Å². The second kappa shape index (κ2) is 6.46. The van der Waals surface area contributed by atoms with E-state index >= 15 is 0 Å². The summed E-state index contributed by atoms with van der Waals surface area (Å²) in [6, 6.07) is 3.81. The van der Waals surface area contributed by atoms with Crippen LogP contribution < -0.4 is 9.47 Å². The van der Waals surface area contributed by atoms with E-state index in [-0.39, 0.29) is 5.97 Å². The van der Waals surface area contributed by atoms with Crippen LogP contribution in [0.3, 0.4) is 0 Å². The number of methoxy groups -OCH3 is 2. The van der Waals surface area contributed by atoms with E-state index in [0.717, 1.165) is 41.0 Å². The van der Waals surface area contributed by atoms with Crippen molar-refractivity contribution < 1.29 is 19.0 Å². The smallest absolute Gasteiger partial charge is 0.309 e. The molecule has 0 amide bonds. The van der Waals surface area contributed by atoms with Gasteiger partial charge in [-0.05, 0) is 31.9 Å². The molecule has 0 saturated carbocycles. The topological polar surface area (TPSA) is 44.8 Å². The maximum absolute atomic E-state index is 11.6. The third kappa shape index (κ3) is 2.95. The predicted molar refractivity (Wildman–Crippen MR) is 77.1 cm³/mol. The predicted octanol–water partition coefficient (Wildman–Crippen LogP) is 2.99. The standard InChI is InChI=1S/C16H20O4/c1-4-20-16(17)10-11-5-6-12-13(9-11)15(19-3)8-7-14(12)18-2/h7-9H,4-6,10H2,1-3H3. The Hall–Kier alpha value is -1.97. The molecule has 0 atom stereocenters. The molecule has 0 aromatic heterocycles. The van der Waals surface area contributed by atoms with Crippen molar-refractivity contribution in [3.05, 3.63) is 28.8 Å². The van der Waals surface area contributed by atoms with Crippen LogP contribution in [-0.4, -0.2) is 26.8 Å². The molecule has 0 N–H and O–H groups in total. The van der Waals surface area contributed by atoms with Gasteiger partial charge in [0.2, 0.25) is 0 Å². The molecule has 1 aromatic carbocycles. The van der Waals surface area contributed by atoms with Crippen LogP contribution in [0.4, 0.5) is 0 Å². The van der Waals surface area contributed by atoms with Gasteiger partial charge in [0.05, 0.1) is 27.2 Å². The van der Waals surface area contributed by atoms with Crippen LogP contribution in [0.25, 0.3) is 6.08 Å². The number of hydrogen-bond acceptors (Lipinski definition) is 4. The molecule has 20 heavy (non-hydrogen) atoms. The monoisotopic (exact) mass is 276 g/mol. The molecule has 4 heteroatoms. The Morgan fingerprint density at radius 1 is 1.15 bits per heavy atom. The Bertz CT molecular complexity index is 532. The summed E-state index contributed by atoms with van der Waals surface area (Å²) in [5, 5.41) is 0. The quantitative estimate of drug-likeness (QED) is 0.776. The highest BCUT2D eigenvalue weighted by molar-refractivity contribution is 5.77. The van der Waals surface area contributed by atoms with Gasteiger partial charge in [0.15, 0.2) is 0 Å². The van der Waals surface area contributed by atoms with E-state index in [4.69, 9.17) is 14.2 Å². The molecule has 0 unspecified atom stereocenters. The van der Waals surface area contributed by atoms with Gasteiger partial charge in [0.1, 0.15) is 11.5 Å². The minimum atomic E-state index is -0.177. The second-order valence-electron chi connectivity index (χ2n) is 4.65. The van der Waals surface area contributed by atoms with E-state index in [1.807, 2.05) is 25.1 Å². The maximum Gasteiger partial charge on any atom is 0.309 e. The molecule has 1 aliphatic rings. The van der Waals surface area contributed by atoms with Crippen molar-refractivity contribution >= 4 is 12.0 Å². The minimum Gasteiger partial charge on any atom is -0.496 e. The van der Waals surface area contributed by atoms with E-state index < -0.39 is 0 Å². The summed E-state index contributed by atoms with van der Waals surface area (Å²) in [5.41, 5.74) is 3.22. The number of hydrogen-bond donors (Lipinski definition) is 0. The van der Waals surface area contributed by atoms with Gasteiger partial charge in [0.25, 0.3) is 0 Å². The first-order valence-corrected chi connectivity index (χ1v) is 6.78. The molecular formula is C16H20O4. The zero-order chi connectivity index (χ0) is 14.5. The number of fused-ring (bicyclic) bond motifs is 1. The lowest BCUT2D eigenvalue weighted by Crippen LogP contribution is -2.09. The highest BCUT2D eigenvalue weighted by atomic mass is 16.5. The molecule has 1 aliphatic carbocycles. The van der Waals surface area contributed by atoms with Crippen molar-refractivity contribution in [2.45, 2.75) is 26.2 Å². The van der Waals surface area contributed by atoms with Gasteiger partial charge >= 0.3 is 5.97 Å². The average molecular weight is 276 g/mol. The fourth-order valence-electron chi connectivity index (χ4n) is 2.51. The van der Waals surface area contributed by atoms with Crippen molar-refractivity contribution in [1.82, 2.24) is 0 Å². The van der Waals surface area contributed by atoms with Crippen molar-refractivity contribution in [2.75, 3.05) is 20.8 Å². The van der Waals surface area contributed by atoms with Crippen molar-refractivity contribution in [1.29, 1.82) is 0 Å². The summed E-state index contributed by atoms with van der Waals surface area (Å²) in [5.74, 6) is 1.50. The lowest BCUT2D eigenvalue weighted by molar-refractivity contribution is -0.142. The zero-order valence-corrected chi connectivity index (χ0v) is 12.2. The molecule has 4 nitrogen and oxygen atoms in total. The van der Waals surface area contributed by atoms with Crippen LogP contribution in [0, 0.1) is 0 Å². The molecule has 0 heterocycles. The molecule has 0 fully saturated rings. The van der Waals surface area contributed by atoms with Gasteiger partial charge < -0.3 is 14.2 Å². The first-order chi connectivity index (χ1) is 9.69. The third-order valence-electron chi connectivity index (χ3n) is 3.44. The lowest BCUT2D eigenvalue weighted by atomic mass is 9.89. The van der Waals surface area contributed by atoms with Gasteiger partial charge in [-0.15, -0.1) is 0 Å². The molecule has 0 spiro atoms. The lowest BCUT2D eigenvalue weighted by Gasteiger charge is -2.20. The third-order valence-corrected chi connectivity index (χ3v) is 3.44. The Morgan fingerprint density at radius 2 is 1.85 bits per heavy atom. The zero-order valence-electron chi connectivity index (χ0n) is 12.2. The highest BCUT2D eigenvalue weighted by Gasteiger charge is 2.20. The van der Waals surface area contributed by atoms with E-state index in [2.05, 4.69) is 0 Å². The SMILES string of the molecule is CCOC(=O)CC1=Cc2c(OC)ccc(OC)c2CC1. The normalized spacial score (nSPS) is 13.2. The summed E-state index contributed by atoms with van der Waals surface area (Å²) in [6.07, 6.45) is 4.06. The Labute approximate surface area is 119 Å². The number of rotatable bonds is 5. The minimum absolute atomic E-state index is 0.177. The van der Waals surface area contributed by atoms with Crippen LogP contribution in [0.2, 0.25) is 0 Å². The summed E-state index contributed by atoms with van der Waals surface area (Å²) in [6.45, 7) is 2.23. The van der Waals surface area contributed by atoms with Crippen LogP contribution in [-0.2, 0) is 16.0 Å². The Morgan fingerprint density at radius 3 is 2.50 bits per heavy atom. The van der Waals surface area contributed by atoms with Crippen LogP contribution in [0.5, 0.6) is 11.5 Å². The fraction of sp³-hybridized carbons (Fsp3) is 0.438. The Kier molecular flexibility index (Phi) is 4.66. The van der Waals surface area contributed by atoms with Crippen molar-refractivity contribution in [3.63, 3.8) is 0 Å². The molecule has 0 bridgehead atoms. The van der Waals surface area contributed by atoms with Gasteiger partial charge in [-0.2, -0.15) is 0 Å². The van der Waals surface area contributed by atoms with E-state index in [1.54, 1.807) is 14.2 Å². The summed E-state index contributed by atoms with van der Waals surface area (Å²) in [7, 11) is 3.31. The highest BCUT2D eigenvalue weighted by Crippen LogP contribution is 2.37. The van der Waals surface area contributed by atoms with Crippen LogP contribution in [0.1, 0.15) is 30.9 Å². The van der Waals surface area contributed by atoms with Gasteiger partial charge in [-0.25, -0.2) is 0 Å². The summed E-state index contributed by atoms with van der Waals surface area (Å²) >= 11 is 0. The van der Waals surface area contributed by atoms with Crippen molar-refractivity contribution in [3.8, 4) is 11.5 Å². The van der Waals surface area contributed by atoms with E-state index in [9.17, 15) is 4.79 Å². The van der Waals surface area contributed by atoms with Gasteiger partial charge in [-0.3, -0.25) is 4.79 Å². The van der Waals surface area contributed by atoms with E-state index in [0.29, 0.717) is 13.0 Å². The number of carbonyl (C=O) groups excluding carboxylic acids is 1. The molecule has 0 saturated heterocycles. The Balaban J connectivity index is 2.31. The van der Waals surface area contributed by atoms with E-state index in [1.165, 1.54) is 0 Å². The first-order valence-electron chi connectivity index (χ1n) is 6.78. The number of esters is 1. The molecule has 0 aliphatic heterocycles.